The van der Waals surface area contributed by atoms with Crippen molar-refractivity contribution in [3.8, 4) is 11.3 Å². The molecule has 0 bridgehead atoms. The number of amides is 1. The Morgan fingerprint density at radius 1 is 1.27 bits per heavy atom. The van der Waals surface area contributed by atoms with Gasteiger partial charge in [-0.25, -0.2) is 9.37 Å². The lowest BCUT2D eigenvalue weighted by molar-refractivity contribution is -0.121. The number of aryl methyl sites for hydroxylation is 1. The van der Waals surface area contributed by atoms with E-state index in [-0.39, 0.29) is 23.7 Å². The summed E-state index contributed by atoms with van der Waals surface area (Å²) in [6.45, 7) is 0.789. The van der Waals surface area contributed by atoms with Gasteiger partial charge >= 0.3 is 0 Å². The van der Waals surface area contributed by atoms with Gasteiger partial charge in [0.25, 0.3) is 0 Å². The molecule has 0 saturated heterocycles. The number of halogens is 1. The van der Waals surface area contributed by atoms with E-state index < -0.39 is 0 Å². The minimum atomic E-state index is -0.300. The van der Waals surface area contributed by atoms with E-state index in [0.717, 1.165) is 24.8 Å². The zero-order chi connectivity index (χ0) is 18.4. The van der Waals surface area contributed by atoms with E-state index in [0.29, 0.717) is 31.0 Å². The molecule has 1 aliphatic rings. The molecule has 1 heterocycles. The molecule has 2 N–H and O–H groups in total. The van der Waals surface area contributed by atoms with E-state index in [1.807, 2.05) is 0 Å². The fourth-order valence-corrected chi connectivity index (χ4v) is 3.65. The van der Waals surface area contributed by atoms with Gasteiger partial charge in [-0.15, -0.1) is 0 Å². The molecule has 5 nitrogen and oxygen atoms in total. The molecule has 0 radical (unpaired) electrons. The highest BCUT2D eigenvalue weighted by Crippen LogP contribution is 2.40. The van der Waals surface area contributed by atoms with Crippen LogP contribution in [0.3, 0.4) is 0 Å². The average Bonchev–Trinajstić information content (AvgIpc) is 3.29. The van der Waals surface area contributed by atoms with Crippen LogP contribution in [0, 0.1) is 11.2 Å². The molecular formula is C20H25FN2O3. The SMILES string of the molecule is O=C(CCc1ncc(-c2ccc(F)cc2)o1)NCC1(CCO)CCCC1. The summed E-state index contributed by atoms with van der Waals surface area (Å²) < 4.78 is 18.6. The minimum Gasteiger partial charge on any atom is -0.441 e. The second-order valence-electron chi connectivity index (χ2n) is 7.08. The molecule has 0 spiro atoms. The van der Waals surface area contributed by atoms with Gasteiger partial charge in [-0.2, -0.15) is 0 Å². The van der Waals surface area contributed by atoms with Gasteiger partial charge in [-0.05, 0) is 48.9 Å². The molecule has 140 valence electrons. The van der Waals surface area contributed by atoms with Crippen molar-refractivity contribution >= 4 is 5.91 Å². The Labute approximate surface area is 152 Å². The summed E-state index contributed by atoms with van der Waals surface area (Å²) in [6, 6.07) is 6.01. The Hall–Kier alpha value is -2.21. The van der Waals surface area contributed by atoms with E-state index >= 15 is 0 Å². The molecule has 0 unspecified atom stereocenters. The lowest BCUT2D eigenvalue weighted by Gasteiger charge is -2.28. The number of benzene rings is 1. The van der Waals surface area contributed by atoms with Crippen LogP contribution in [0.15, 0.2) is 34.9 Å². The van der Waals surface area contributed by atoms with Gasteiger partial charge in [-0.1, -0.05) is 12.8 Å². The van der Waals surface area contributed by atoms with Crippen molar-refractivity contribution in [3.05, 3.63) is 42.2 Å². The summed E-state index contributed by atoms with van der Waals surface area (Å²) in [5.41, 5.74) is 0.810. The number of oxazole rings is 1. The van der Waals surface area contributed by atoms with E-state index in [1.165, 1.54) is 25.0 Å². The topological polar surface area (TPSA) is 75.4 Å². The Bertz CT molecular complexity index is 721. The van der Waals surface area contributed by atoms with Crippen molar-refractivity contribution in [2.75, 3.05) is 13.2 Å². The number of carbonyl (C=O) groups excluding carboxylic acids is 1. The first-order valence-electron chi connectivity index (χ1n) is 9.18. The molecule has 1 aliphatic carbocycles. The molecule has 0 atom stereocenters. The Morgan fingerprint density at radius 2 is 2.00 bits per heavy atom. The van der Waals surface area contributed by atoms with Gasteiger partial charge in [0, 0.05) is 31.6 Å². The number of aliphatic hydroxyl groups excluding tert-OH is 1. The first-order chi connectivity index (χ1) is 12.6. The highest BCUT2D eigenvalue weighted by molar-refractivity contribution is 5.76. The normalized spacial score (nSPS) is 15.9. The third-order valence-electron chi connectivity index (χ3n) is 5.22. The fraction of sp³-hybridized carbons (Fsp3) is 0.500. The summed E-state index contributed by atoms with van der Waals surface area (Å²) in [4.78, 5) is 16.3. The maximum absolute atomic E-state index is 13.0. The summed E-state index contributed by atoms with van der Waals surface area (Å²) >= 11 is 0. The third kappa shape index (κ3) is 4.69. The first kappa shape index (κ1) is 18.6. The molecule has 1 aromatic heterocycles. The monoisotopic (exact) mass is 360 g/mol. The second kappa shape index (κ2) is 8.45. The molecule has 0 aliphatic heterocycles. The molecule has 1 saturated carbocycles. The quantitative estimate of drug-likeness (QED) is 0.756. The zero-order valence-electron chi connectivity index (χ0n) is 14.8. The number of hydrogen-bond donors (Lipinski definition) is 2. The molecule has 1 aromatic carbocycles. The molecule has 6 heteroatoms. The minimum absolute atomic E-state index is 0.0317. The number of nitrogens with zero attached hydrogens (tertiary/aromatic N) is 1. The van der Waals surface area contributed by atoms with Crippen molar-refractivity contribution in [2.45, 2.75) is 44.9 Å². The lowest BCUT2D eigenvalue weighted by Crippen LogP contribution is -2.36. The second-order valence-corrected chi connectivity index (χ2v) is 7.08. The predicted molar refractivity (Wildman–Crippen MR) is 95.8 cm³/mol. The van der Waals surface area contributed by atoms with Gasteiger partial charge in [0.2, 0.25) is 5.91 Å². The Morgan fingerprint density at radius 3 is 2.69 bits per heavy atom. The van der Waals surface area contributed by atoms with Crippen LogP contribution in [0.2, 0.25) is 0 Å². The van der Waals surface area contributed by atoms with Crippen LogP contribution in [-0.4, -0.2) is 29.1 Å². The smallest absolute Gasteiger partial charge is 0.220 e. The molecule has 3 rings (SSSR count). The lowest BCUT2D eigenvalue weighted by atomic mass is 9.83. The van der Waals surface area contributed by atoms with Crippen LogP contribution >= 0.6 is 0 Å². The van der Waals surface area contributed by atoms with E-state index in [9.17, 15) is 14.3 Å². The first-order valence-corrected chi connectivity index (χ1v) is 9.18. The van der Waals surface area contributed by atoms with Crippen LogP contribution in [0.4, 0.5) is 4.39 Å². The van der Waals surface area contributed by atoms with Gasteiger partial charge in [0.1, 0.15) is 5.82 Å². The molecular weight excluding hydrogens is 335 g/mol. The largest absolute Gasteiger partial charge is 0.441 e. The van der Waals surface area contributed by atoms with E-state index in [4.69, 9.17) is 4.42 Å². The van der Waals surface area contributed by atoms with Crippen LogP contribution in [0.5, 0.6) is 0 Å². The molecule has 1 fully saturated rings. The van der Waals surface area contributed by atoms with Gasteiger partial charge < -0.3 is 14.8 Å². The van der Waals surface area contributed by atoms with Crippen molar-refractivity contribution in [3.63, 3.8) is 0 Å². The fourth-order valence-electron chi connectivity index (χ4n) is 3.65. The van der Waals surface area contributed by atoms with E-state index in [2.05, 4.69) is 10.3 Å². The van der Waals surface area contributed by atoms with Gasteiger partial charge in [-0.3, -0.25) is 4.79 Å². The standard InChI is InChI=1S/C20H25FN2O3/c21-16-5-3-15(4-6-16)17-13-22-19(26-17)8-7-18(25)23-14-20(11-12-24)9-1-2-10-20/h3-6,13,24H,1-2,7-12,14H2,(H,23,25). The number of carbonyl (C=O) groups is 1. The van der Waals surface area contributed by atoms with Gasteiger partial charge in [0.05, 0.1) is 6.20 Å². The van der Waals surface area contributed by atoms with Crippen LogP contribution in [-0.2, 0) is 11.2 Å². The number of aliphatic hydroxyl groups is 1. The average molecular weight is 360 g/mol. The number of nitrogens with one attached hydrogen (secondary N) is 1. The van der Waals surface area contributed by atoms with Crippen molar-refractivity contribution < 1.29 is 18.7 Å². The predicted octanol–water partition coefficient (Wildman–Crippen LogP) is 3.47. The summed E-state index contributed by atoms with van der Waals surface area (Å²) in [5, 5.41) is 12.3. The highest BCUT2D eigenvalue weighted by atomic mass is 19.1. The number of rotatable bonds is 8. The highest BCUT2D eigenvalue weighted by Gasteiger charge is 2.33. The summed E-state index contributed by atoms with van der Waals surface area (Å²) in [7, 11) is 0. The molecule has 2 aromatic rings. The van der Waals surface area contributed by atoms with Crippen LogP contribution in [0.25, 0.3) is 11.3 Å². The summed E-state index contributed by atoms with van der Waals surface area (Å²) in [6.07, 6.45) is 7.52. The number of hydrogen-bond acceptors (Lipinski definition) is 4. The Kier molecular flexibility index (Phi) is 6.04. The van der Waals surface area contributed by atoms with Crippen molar-refractivity contribution in [1.82, 2.24) is 10.3 Å². The molecule has 1 amide bonds. The third-order valence-corrected chi connectivity index (χ3v) is 5.22. The van der Waals surface area contributed by atoms with Crippen LogP contribution < -0.4 is 5.32 Å². The maximum atomic E-state index is 13.0. The van der Waals surface area contributed by atoms with Crippen molar-refractivity contribution in [1.29, 1.82) is 0 Å². The maximum Gasteiger partial charge on any atom is 0.220 e. The Balaban J connectivity index is 1.48. The van der Waals surface area contributed by atoms with Crippen LogP contribution in [0.1, 0.15) is 44.4 Å². The summed E-state index contributed by atoms with van der Waals surface area (Å²) in [5.74, 6) is 0.723. The zero-order valence-corrected chi connectivity index (χ0v) is 14.8. The van der Waals surface area contributed by atoms with Crippen molar-refractivity contribution in [2.24, 2.45) is 5.41 Å². The number of aromatic nitrogens is 1. The molecule has 26 heavy (non-hydrogen) atoms. The van der Waals surface area contributed by atoms with E-state index in [1.54, 1.807) is 18.3 Å². The van der Waals surface area contributed by atoms with Gasteiger partial charge in [0.15, 0.2) is 11.7 Å².